The molecule has 3 aromatic rings. The summed E-state index contributed by atoms with van der Waals surface area (Å²) in [6.45, 7) is 1.89. The van der Waals surface area contributed by atoms with Gasteiger partial charge in [-0.1, -0.05) is 30.3 Å². The van der Waals surface area contributed by atoms with Crippen molar-refractivity contribution >= 4 is 26.9 Å². The highest BCUT2D eigenvalue weighted by Crippen LogP contribution is 2.22. The number of benzene rings is 2. The van der Waals surface area contributed by atoms with Crippen molar-refractivity contribution in [2.75, 3.05) is 11.8 Å². The van der Waals surface area contributed by atoms with E-state index in [0.29, 0.717) is 23.3 Å². The summed E-state index contributed by atoms with van der Waals surface area (Å²) >= 11 is 0. The SMILES string of the molecule is CNS(=O)(=O)Nc1cccc(Cc2c(C)c3ccccc3oc2=O)c1. The van der Waals surface area contributed by atoms with E-state index in [1.54, 1.807) is 24.3 Å². The van der Waals surface area contributed by atoms with Crippen molar-refractivity contribution in [1.29, 1.82) is 0 Å². The van der Waals surface area contributed by atoms with Crippen LogP contribution in [0.25, 0.3) is 11.0 Å². The van der Waals surface area contributed by atoms with Gasteiger partial charge in [-0.2, -0.15) is 8.42 Å². The molecule has 3 rings (SSSR count). The summed E-state index contributed by atoms with van der Waals surface area (Å²) < 4.78 is 33.2. The minimum absolute atomic E-state index is 0.355. The summed E-state index contributed by atoms with van der Waals surface area (Å²) in [5, 5.41) is 0.893. The van der Waals surface area contributed by atoms with E-state index in [1.165, 1.54) is 7.05 Å². The van der Waals surface area contributed by atoms with Gasteiger partial charge in [-0.05, 0) is 36.2 Å². The van der Waals surface area contributed by atoms with E-state index in [0.717, 1.165) is 16.5 Å². The lowest BCUT2D eigenvalue weighted by molar-refractivity contribution is 0.551. The fourth-order valence-corrected chi connectivity index (χ4v) is 3.24. The van der Waals surface area contributed by atoms with Gasteiger partial charge in [-0.25, -0.2) is 9.52 Å². The highest BCUT2D eigenvalue weighted by Gasteiger charge is 2.12. The molecule has 2 N–H and O–H groups in total. The number of hydrogen-bond acceptors (Lipinski definition) is 4. The fraction of sp³-hybridized carbons (Fsp3) is 0.167. The Hall–Kier alpha value is -2.64. The van der Waals surface area contributed by atoms with Crippen molar-refractivity contribution in [2.24, 2.45) is 0 Å². The Kier molecular flexibility index (Phi) is 4.61. The van der Waals surface area contributed by atoms with Crippen LogP contribution in [0.1, 0.15) is 16.7 Å². The Bertz CT molecular complexity index is 1090. The molecule has 0 amide bonds. The Labute approximate surface area is 145 Å². The van der Waals surface area contributed by atoms with Crippen LogP contribution < -0.4 is 15.1 Å². The molecule has 1 heterocycles. The normalized spacial score (nSPS) is 11.6. The number of hydrogen-bond donors (Lipinski definition) is 2. The third-order valence-corrected chi connectivity index (χ3v) is 5.06. The van der Waals surface area contributed by atoms with Crippen LogP contribution in [0.15, 0.2) is 57.7 Å². The van der Waals surface area contributed by atoms with Crippen molar-refractivity contribution in [2.45, 2.75) is 13.3 Å². The average Bonchev–Trinajstić information content (AvgIpc) is 2.58. The highest BCUT2D eigenvalue weighted by atomic mass is 32.2. The van der Waals surface area contributed by atoms with Gasteiger partial charge in [-0.15, -0.1) is 0 Å². The molecule has 0 saturated carbocycles. The molecular weight excluding hydrogens is 340 g/mol. The second-order valence-electron chi connectivity index (χ2n) is 5.68. The Balaban J connectivity index is 1.98. The molecule has 0 atom stereocenters. The van der Waals surface area contributed by atoms with E-state index in [-0.39, 0.29) is 5.63 Å². The molecule has 0 aliphatic carbocycles. The molecule has 0 radical (unpaired) electrons. The number of nitrogens with one attached hydrogen (secondary N) is 2. The second-order valence-corrected chi connectivity index (χ2v) is 7.30. The molecule has 2 aromatic carbocycles. The molecule has 0 unspecified atom stereocenters. The Morgan fingerprint density at radius 2 is 1.84 bits per heavy atom. The van der Waals surface area contributed by atoms with E-state index < -0.39 is 10.2 Å². The Morgan fingerprint density at radius 1 is 1.08 bits per heavy atom. The summed E-state index contributed by atoms with van der Waals surface area (Å²) in [7, 11) is -2.26. The maximum absolute atomic E-state index is 12.3. The molecule has 0 aliphatic rings. The first-order valence-corrected chi connectivity index (χ1v) is 9.19. The predicted molar refractivity (Wildman–Crippen MR) is 98.1 cm³/mol. The first-order chi connectivity index (χ1) is 11.9. The largest absolute Gasteiger partial charge is 0.423 e. The molecule has 0 fully saturated rings. The van der Waals surface area contributed by atoms with Crippen LogP contribution >= 0.6 is 0 Å². The molecule has 1 aromatic heterocycles. The van der Waals surface area contributed by atoms with Crippen LogP contribution in [0.3, 0.4) is 0 Å². The van der Waals surface area contributed by atoms with Crippen LogP contribution in [0.5, 0.6) is 0 Å². The standard InChI is InChI=1S/C18H18N2O4S/c1-12-15-8-3-4-9-17(15)24-18(21)16(12)11-13-6-5-7-14(10-13)20-25(22,23)19-2/h3-10,19-20H,11H2,1-2H3. The second kappa shape index (κ2) is 6.70. The molecule has 25 heavy (non-hydrogen) atoms. The summed E-state index contributed by atoms with van der Waals surface area (Å²) in [4.78, 5) is 12.3. The van der Waals surface area contributed by atoms with Gasteiger partial charge in [0.05, 0.1) is 5.69 Å². The lowest BCUT2D eigenvalue weighted by Gasteiger charge is -2.10. The third-order valence-electron chi connectivity index (χ3n) is 4.02. The van der Waals surface area contributed by atoms with Crippen molar-refractivity contribution < 1.29 is 12.8 Å². The van der Waals surface area contributed by atoms with Gasteiger partial charge in [0.1, 0.15) is 5.58 Å². The van der Waals surface area contributed by atoms with Crippen molar-refractivity contribution in [3.63, 3.8) is 0 Å². The number of anilines is 1. The molecular formula is C18H18N2O4S. The molecule has 0 saturated heterocycles. The topological polar surface area (TPSA) is 88.4 Å². The van der Waals surface area contributed by atoms with E-state index >= 15 is 0 Å². The zero-order valence-electron chi connectivity index (χ0n) is 13.9. The number of para-hydroxylation sites is 1. The predicted octanol–water partition coefficient (Wildman–Crippen LogP) is 2.57. The van der Waals surface area contributed by atoms with Crippen LogP contribution in [-0.4, -0.2) is 15.5 Å². The van der Waals surface area contributed by atoms with Crippen LogP contribution in [-0.2, 0) is 16.6 Å². The van der Waals surface area contributed by atoms with E-state index in [2.05, 4.69) is 9.44 Å². The minimum Gasteiger partial charge on any atom is -0.423 e. The molecule has 0 spiro atoms. The summed E-state index contributed by atoms with van der Waals surface area (Å²) in [5.41, 5.74) is 2.85. The van der Waals surface area contributed by atoms with Gasteiger partial charge in [0, 0.05) is 24.4 Å². The van der Waals surface area contributed by atoms with Gasteiger partial charge in [0.15, 0.2) is 0 Å². The van der Waals surface area contributed by atoms with Gasteiger partial charge in [0.2, 0.25) is 0 Å². The van der Waals surface area contributed by atoms with E-state index in [4.69, 9.17) is 4.42 Å². The quantitative estimate of drug-likeness (QED) is 0.686. The lowest BCUT2D eigenvalue weighted by atomic mass is 9.99. The smallest absolute Gasteiger partial charge is 0.340 e. The summed E-state index contributed by atoms with van der Waals surface area (Å²) in [6, 6.07) is 14.3. The van der Waals surface area contributed by atoms with Gasteiger partial charge < -0.3 is 4.42 Å². The Morgan fingerprint density at radius 3 is 2.60 bits per heavy atom. The monoisotopic (exact) mass is 358 g/mol. The molecule has 6 nitrogen and oxygen atoms in total. The van der Waals surface area contributed by atoms with Crippen LogP contribution in [0.4, 0.5) is 5.69 Å². The zero-order chi connectivity index (χ0) is 18.0. The van der Waals surface area contributed by atoms with Crippen molar-refractivity contribution in [3.8, 4) is 0 Å². The molecule has 0 aliphatic heterocycles. The molecule has 0 bridgehead atoms. The van der Waals surface area contributed by atoms with Crippen molar-refractivity contribution in [1.82, 2.24) is 4.72 Å². The number of fused-ring (bicyclic) bond motifs is 1. The van der Waals surface area contributed by atoms with Crippen LogP contribution in [0, 0.1) is 6.92 Å². The van der Waals surface area contributed by atoms with Gasteiger partial charge in [-0.3, -0.25) is 4.72 Å². The van der Waals surface area contributed by atoms with Crippen molar-refractivity contribution in [3.05, 3.63) is 75.6 Å². The van der Waals surface area contributed by atoms with E-state index in [9.17, 15) is 13.2 Å². The highest BCUT2D eigenvalue weighted by molar-refractivity contribution is 7.90. The van der Waals surface area contributed by atoms with Gasteiger partial charge >= 0.3 is 5.63 Å². The lowest BCUT2D eigenvalue weighted by Crippen LogP contribution is -2.26. The first-order valence-electron chi connectivity index (χ1n) is 7.71. The zero-order valence-corrected chi connectivity index (χ0v) is 14.7. The molecule has 7 heteroatoms. The number of aryl methyl sites for hydroxylation is 1. The number of rotatable bonds is 5. The average molecular weight is 358 g/mol. The third kappa shape index (κ3) is 3.72. The maximum atomic E-state index is 12.3. The summed E-state index contributed by atoms with van der Waals surface area (Å²) in [6.07, 6.45) is 0.355. The first kappa shape index (κ1) is 17.2. The fourth-order valence-electron chi connectivity index (χ4n) is 2.70. The molecule has 130 valence electrons. The maximum Gasteiger partial charge on any atom is 0.340 e. The van der Waals surface area contributed by atoms with Gasteiger partial charge in [0.25, 0.3) is 10.2 Å². The summed E-state index contributed by atoms with van der Waals surface area (Å²) in [5.74, 6) is 0. The van der Waals surface area contributed by atoms with E-state index in [1.807, 2.05) is 31.2 Å². The minimum atomic E-state index is -3.59. The van der Waals surface area contributed by atoms with Crippen LogP contribution in [0.2, 0.25) is 0 Å².